The molecule has 0 radical (unpaired) electrons. The maximum atomic E-state index is 10.9. The summed E-state index contributed by atoms with van der Waals surface area (Å²) in [6.07, 6.45) is 1.49. The number of rotatable bonds is 6. The molecule has 1 aromatic heterocycles. The predicted molar refractivity (Wildman–Crippen MR) is 60.9 cm³/mol. The topological polar surface area (TPSA) is 68.7 Å². The van der Waals surface area contributed by atoms with Crippen molar-refractivity contribution in [2.24, 2.45) is 0 Å². The Hall–Kier alpha value is -1.14. The molecule has 5 nitrogen and oxygen atoms in total. The number of pyridine rings is 1. The smallest absolute Gasteiger partial charge is 0.341 e. The van der Waals surface area contributed by atoms with Crippen LogP contribution < -0.4 is 4.74 Å². The van der Waals surface area contributed by atoms with Gasteiger partial charge in [0.1, 0.15) is 12.2 Å². The SMILES string of the molecule is CCOCCOc1ncc(Br)cc1C(=O)O. The summed E-state index contributed by atoms with van der Waals surface area (Å²) in [5.74, 6) is -0.962. The highest BCUT2D eigenvalue weighted by molar-refractivity contribution is 9.10. The molecule has 88 valence electrons. The average molecular weight is 290 g/mol. The van der Waals surface area contributed by atoms with Crippen LogP contribution in [0.5, 0.6) is 5.88 Å². The molecular weight excluding hydrogens is 278 g/mol. The van der Waals surface area contributed by atoms with Crippen LogP contribution in [0.25, 0.3) is 0 Å². The van der Waals surface area contributed by atoms with Gasteiger partial charge in [0.2, 0.25) is 5.88 Å². The van der Waals surface area contributed by atoms with E-state index in [1.54, 1.807) is 0 Å². The molecule has 16 heavy (non-hydrogen) atoms. The number of aromatic nitrogens is 1. The molecule has 0 saturated carbocycles. The van der Waals surface area contributed by atoms with Gasteiger partial charge in [0.05, 0.1) is 6.61 Å². The van der Waals surface area contributed by atoms with E-state index in [1.807, 2.05) is 6.92 Å². The molecule has 0 aliphatic rings. The highest BCUT2D eigenvalue weighted by atomic mass is 79.9. The lowest BCUT2D eigenvalue weighted by atomic mass is 10.3. The molecule has 0 saturated heterocycles. The Morgan fingerprint density at radius 1 is 1.56 bits per heavy atom. The van der Waals surface area contributed by atoms with Gasteiger partial charge < -0.3 is 14.6 Å². The molecule has 1 aromatic rings. The zero-order valence-electron chi connectivity index (χ0n) is 8.77. The number of ether oxygens (including phenoxy) is 2. The Balaban J connectivity index is 2.67. The number of carboxylic acid groups (broad SMARTS) is 1. The summed E-state index contributed by atoms with van der Waals surface area (Å²) in [6, 6.07) is 1.45. The molecule has 1 heterocycles. The summed E-state index contributed by atoms with van der Waals surface area (Å²) in [6.45, 7) is 3.17. The standard InChI is InChI=1S/C10H12BrNO4/c1-2-15-3-4-16-9-8(10(13)14)5-7(11)6-12-9/h5-6H,2-4H2,1H3,(H,13,14). The fourth-order valence-electron chi connectivity index (χ4n) is 1.04. The second kappa shape index (κ2) is 6.44. The summed E-state index contributed by atoms with van der Waals surface area (Å²) >= 11 is 3.15. The second-order valence-electron chi connectivity index (χ2n) is 2.86. The fraction of sp³-hybridized carbons (Fsp3) is 0.400. The normalized spacial score (nSPS) is 10.1. The number of nitrogens with zero attached hydrogens (tertiary/aromatic N) is 1. The number of aromatic carboxylic acids is 1. The molecule has 0 unspecified atom stereocenters. The molecule has 1 rings (SSSR count). The van der Waals surface area contributed by atoms with E-state index in [0.29, 0.717) is 17.7 Å². The van der Waals surface area contributed by atoms with Crippen molar-refractivity contribution < 1.29 is 19.4 Å². The van der Waals surface area contributed by atoms with Gasteiger partial charge in [0.25, 0.3) is 0 Å². The second-order valence-corrected chi connectivity index (χ2v) is 3.77. The third-order valence-electron chi connectivity index (χ3n) is 1.72. The summed E-state index contributed by atoms with van der Waals surface area (Å²) in [7, 11) is 0. The van der Waals surface area contributed by atoms with Crippen LogP contribution in [0.1, 0.15) is 17.3 Å². The van der Waals surface area contributed by atoms with E-state index in [-0.39, 0.29) is 18.1 Å². The first-order chi connectivity index (χ1) is 7.65. The zero-order valence-corrected chi connectivity index (χ0v) is 10.4. The molecule has 1 N–H and O–H groups in total. The van der Waals surface area contributed by atoms with Gasteiger partial charge in [-0.2, -0.15) is 0 Å². The van der Waals surface area contributed by atoms with Crippen LogP contribution in [0.4, 0.5) is 0 Å². The van der Waals surface area contributed by atoms with Gasteiger partial charge >= 0.3 is 5.97 Å². The van der Waals surface area contributed by atoms with Gasteiger partial charge in [-0.1, -0.05) is 0 Å². The van der Waals surface area contributed by atoms with Crippen LogP contribution in [0.2, 0.25) is 0 Å². The molecule has 6 heteroatoms. The van der Waals surface area contributed by atoms with Crippen molar-refractivity contribution in [1.29, 1.82) is 0 Å². The third kappa shape index (κ3) is 3.79. The minimum Gasteiger partial charge on any atom is -0.477 e. The molecule has 0 amide bonds. The quantitative estimate of drug-likeness (QED) is 0.811. The third-order valence-corrected chi connectivity index (χ3v) is 2.15. The van der Waals surface area contributed by atoms with Crippen LogP contribution in [0.15, 0.2) is 16.7 Å². The van der Waals surface area contributed by atoms with E-state index in [9.17, 15) is 4.79 Å². The van der Waals surface area contributed by atoms with E-state index in [1.165, 1.54) is 12.3 Å². The minimum absolute atomic E-state index is 0.0332. The first-order valence-corrected chi connectivity index (χ1v) is 5.53. The number of carbonyl (C=O) groups is 1. The summed E-state index contributed by atoms with van der Waals surface area (Å²) in [5, 5.41) is 8.92. The maximum absolute atomic E-state index is 10.9. The maximum Gasteiger partial charge on any atom is 0.341 e. The van der Waals surface area contributed by atoms with Gasteiger partial charge in [0, 0.05) is 17.3 Å². The van der Waals surface area contributed by atoms with Crippen LogP contribution in [0.3, 0.4) is 0 Å². The summed E-state index contributed by atoms with van der Waals surface area (Å²) in [5.41, 5.74) is 0.0332. The van der Waals surface area contributed by atoms with Crippen LogP contribution in [0, 0.1) is 0 Å². The molecule has 0 fully saturated rings. The Labute approximate surface area is 102 Å². The van der Waals surface area contributed by atoms with Crippen molar-refractivity contribution in [3.63, 3.8) is 0 Å². The van der Waals surface area contributed by atoms with Crippen molar-refractivity contribution in [1.82, 2.24) is 4.98 Å². The van der Waals surface area contributed by atoms with Crippen molar-refractivity contribution in [2.75, 3.05) is 19.8 Å². The number of halogens is 1. The van der Waals surface area contributed by atoms with E-state index in [0.717, 1.165) is 0 Å². The lowest BCUT2D eigenvalue weighted by Crippen LogP contribution is -2.10. The van der Waals surface area contributed by atoms with Crippen molar-refractivity contribution >= 4 is 21.9 Å². The Kier molecular flexibility index (Phi) is 5.21. The molecule has 0 aliphatic carbocycles. The minimum atomic E-state index is -1.07. The number of hydrogen-bond acceptors (Lipinski definition) is 4. The highest BCUT2D eigenvalue weighted by Crippen LogP contribution is 2.19. The first kappa shape index (κ1) is 12.9. The molecule has 0 aliphatic heterocycles. The van der Waals surface area contributed by atoms with Gasteiger partial charge in [-0.3, -0.25) is 0 Å². The Morgan fingerprint density at radius 3 is 2.94 bits per heavy atom. The lowest BCUT2D eigenvalue weighted by Gasteiger charge is -2.07. The average Bonchev–Trinajstić information content (AvgIpc) is 2.26. The molecule has 0 aromatic carbocycles. The Bertz CT molecular complexity index is 370. The number of hydrogen-bond donors (Lipinski definition) is 1. The molecule has 0 bridgehead atoms. The van der Waals surface area contributed by atoms with E-state index in [4.69, 9.17) is 14.6 Å². The van der Waals surface area contributed by atoms with Gasteiger partial charge in [-0.15, -0.1) is 0 Å². The lowest BCUT2D eigenvalue weighted by molar-refractivity contribution is 0.0684. The Morgan fingerprint density at radius 2 is 2.31 bits per heavy atom. The van der Waals surface area contributed by atoms with Gasteiger partial charge in [0.15, 0.2) is 0 Å². The molecule has 0 atom stereocenters. The van der Waals surface area contributed by atoms with Crippen LogP contribution in [-0.4, -0.2) is 35.9 Å². The first-order valence-electron chi connectivity index (χ1n) is 4.74. The van der Waals surface area contributed by atoms with Crippen molar-refractivity contribution in [3.8, 4) is 5.88 Å². The van der Waals surface area contributed by atoms with E-state index < -0.39 is 5.97 Å². The number of carboxylic acids is 1. The summed E-state index contributed by atoms with van der Waals surface area (Å²) < 4.78 is 10.9. The zero-order chi connectivity index (χ0) is 12.0. The van der Waals surface area contributed by atoms with Crippen LogP contribution >= 0.6 is 15.9 Å². The monoisotopic (exact) mass is 289 g/mol. The highest BCUT2D eigenvalue weighted by Gasteiger charge is 2.13. The summed E-state index contributed by atoms with van der Waals surface area (Å²) in [4.78, 5) is 14.8. The van der Waals surface area contributed by atoms with E-state index >= 15 is 0 Å². The predicted octanol–water partition coefficient (Wildman–Crippen LogP) is 1.96. The van der Waals surface area contributed by atoms with E-state index in [2.05, 4.69) is 20.9 Å². The molecular formula is C10H12BrNO4. The van der Waals surface area contributed by atoms with Gasteiger partial charge in [-0.25, -0.2) is 9.78 Å². The van der Waals surface area contributed by atoms with Gasteiger partial charge in [-0.05, 0) is 28.9 Å². The fourth-order valence-corrected chi connectivity index (χ4v) is 1.37. The largest absolute Gasteiger partial charge is 0.477 e. The van der Waals surface area contributed by atoms with Crippen LogP contribution in [-0.2, 0) is 4.74 Å². The van der Waals surface area contributed by atoms with Crippen molar-refractivity contribution in [3.05, 3.63) is 22.3 Å². The van der Waals surface area contributed by atoms with Crippen molar-refractivity contribution in [2.45, 2.75) is 6.92 Å². The molecule has 0 spiro atoms.